The van der Waals surface area contributed by atoms with Crippen LogP contribution in [0.2, 0.25) is 0 Å². The molecule has 0 aromatic heterocycles. The highest BCUT2D eigenvalue weighted by atomic mass is 79.9. The van der Waals surface area contributed by atoms with Crippen molar-refractivity contribution in [3.8, 4) is 0 Å². The summed E-state index contributed by atoms with van der Waals surface area (Å²) in [6, 6.07) is 0. The number of halogens is 9. The third kappa shape index (κ3) is 207. The molecule has 0 amide bonds. The van der Waals surface area contributed by atoms with Crippen LogP contribution < -0.4 is 153 Å². The van der Waals surface area contributed by atoms with Gasteiger partial charge >= 0.3 is 0 Å². The molecule has 0 aromatic carbocycles. The Morgan fingerprint density at radius 1 is 0.357 bits per heavy atom. The van der Waals surface area contributed by atoms with Gasteiger partial charge in [0, 0.05) is 0 Å². The number of nitrogens with zero attached hydrogens (tertiary/aromatic N) is 1. The average Bonchev–Trinajstić information content (AvgIpc) is 0.722. The first-order valence-corrected chi connectivity index (χ1v) is 1.79. The summed E-state index contributed by atoms with van der Waals surface area (Å²) in [5, 5.41) is 0. The van der Waals surface area contributed by atoms with Crippen LogP contribution in [0.15, 0.2) is 0 Å². The summed E-state index contributed by atoms with van der Waals surface area (Å²) in [4.78, 5) is 0. The van der Waals surface area contributed by atoms with Crippen molar-refractivity contribution in [2.45, 2.75) is 0 Å². The van der Waals surface area contributed by atoms with Gasteiger partial charge < -0.3 is 157 Å². The third-order valence-corrected chi connectivity index (χ3v) is 0. The molecular formula is C4H12Br9N-8. The van der Waals surface area contributed by atoms with Crippen molar-refractivity contribution in [2.75, 3.05) is 28.2 Å². The molecule has 0 unspecified atom stereocenters. The van der Waals surface area contributed by atoms with Crippen molar-refractivity contribution in [1.29, 1.82) is 0 Å². The molecule has 0 atom stereocenters. The van der Waals surface area contributed by atoms with Gasteiger partial charge in [-0.3, -0.25) is 0 Å². The molecule has 14 heavy (non-hydrogen) atoms. The fourth-order valence-corrected chi connectivity index (χ4v) is 0. The van der Waals surface area contributed by atoms with Crippen molar-refractivity contribution >= 4 is 0 Å². The van der Waals surface area contributed by atoms with Crippen LogP contribution in [0.5, 0.6) is 0 Å². The van der Waals surface area contributed by atoms with Gasteiger partial charge in [0.2, 0.25) is 0 Å². The van der Waals surface area contributed by atoms with Crippen LogP contribution in [0.3, 0.4) is 0 Å². The Morgan fingerprint density at radius 2 is 0.357 bits per heavy atom. The summed E-state index contributed by atoms with van der Waals surface area (Å²) in [6.07, 6.45) is 0. The maximum absolute atomic E-state index is 2.12. The molecule has 0 bridgehead atoms. The minimum atomic E-state index is 0. The molecule has 104 valence electrons. The molecule has 0 saturated carbocycles. The summed E-state index contributed by atoms with van der Waals surface area (Å²) in [5.74, 6) is 0. The van der Waals surface area contributed by atoms with Crippen LogP contribution in [0.4, 0.5) is 0 Å². The molecule has 0 radical (unpaired) electrons. The van der Waals surface area contributed by atoms with E-state index in [2.05, 4.69) is 28.2 Å². The van der Waals surface area contributed by atoms with Crippen LogP contribution >= 0.6 is 0 Å². The van der Waals surface area contributed by atoms with Gasteiger partial charge in [-0.15, -0.1) is 0 Å². The second-order valence-electron chi connectivity index (χ2n) is 2.68. The molecule has 0 saturated heterocycles. The van der Waals surface area contributed by atoms with E-state index in [0.29, 0.717) is 0 Å². The summed E-state index contributed by atoms with van der Waals surface area (Å²) >= 11 is 0. The number of hydrogen-bond acceptors (Lipinski definition) is 0. The second kappa shape index (κ2) is 43.3. The fourth-order valence-electron chi connectivity index (χ4n) is 0. The van der Waals surface area contributed by atoms with Crippen molar-refractivity contribution in [1.82, 2.24) is 0 Å². The van der Waals surface area contributed by atoms with Gasteiger partial charge in [-0.25, -0.2) is 0 Å². The molecule has 10 heteroatoms. The van der Waals surface area contributed by atoms with Crippen LogP contribution in [0.1, 0.15) is 0 Å². The molecule has 0 aromatic rings. The summed E-state index contributed by atoms with van der Waals surface area (Å²) in [6.45, 7) is 0. The van der Waals surface area contributed by atoms with Gasteiger partial charge in [-0.2, -0.15) is 0 Å². The lowest BCUT2D eigenvalue weighted by Crippen LogP contribution is -3.00. The highest BCUT2D eigenvalue weighted by molar-refractivity contribution is 3.87. The summed E-state index contributed by atoms with van der Waals surface area (Å²) in [5.41, 5.74) is 0. The lowest BCUT2D eigenvalue weighted by atomic mass is 10.8. The topological polar surface area (TPSA) is 0 Å². The molecule has 0 rings (SSSR count). The van der Waals surface area contributed by atoms with Crippen LogP contribution in [0, 0.1) is 0 Å². The Morgan fingerprint density at radius 3 is 0.357 bits per heavy atom. The molecule has 0 spiro atoms. The average molecular weight is 793 g/mol. The molecule has 0 heterocycles. The van der Waals surface area contributed by atoms with E-state index in [0.717, 1.165) is 4.48 Å². The maximum atomic E-state index is 2.12. The first-order chi connectivity index (χ1) is 2.00. The van der Waals surface area contributed by atoms with Crippen LogP contribution in [-0.2, 0) is 0 Å². The normalized spacial score (nSPS) is 4.29. The van der Waals surface area contributed by atoms with E-state index in [1.165, 1.54) is 0 Å². The van der Waals surface area contributed by atoms with E-state index in [1.54, 1.807) is 0 Å². The van der Waals surface area contributed by atoms with E-state index < -0.39 is 0 Å². The monoisotopic (exact) mass is 784 g/mol. The zero-order chi connectivity index (χ0) is 4.50. The van der Waals surface area contributed by atoms with Gasteiger partial charge in [0.05, 0.1) is 28.2 Å². The van der Waals surface area contributed by atoms with Gasteiger partial charge in [0.25, 0.3) is 0 Å². The van der Waals surface area contributed by atoms with E-state index in [9.17, 15) is 0 Å². The number of quaternary nitrogens is 1. The maximum Gasteiger partial charge on any atom is 0.0675 e. The molecule has 0 aliphatic rings. The molecule has 0 aliphatic carbocycles. The Bertz CT molecular complexity index is 32.3. The minimum absolute atomic E-state index is 0. The van der Waals surface area contributed by atoms with Crippen LogP contribution in [0.25, 0.3) is 0 Å². The first kappa shape index (κ1) is 79.6. The summed E-state index contributed by atoms with van der Waals surface area (Å²) in [7, 11) is 8.50. The molecule has 0 fully saturated rings. The Hall–Kier alpha value is 4.28. The lowest BCUT2D eigenvalue weighted by Gasteiger charge is -2.14. The minimum Gasteiger partial charge on any atom is -1.00 e. The van der Waals surface area contributed by atoms with Crippen molar-refractivity contribution in [2.24, 2.45) is 0 Å². The van der Waals surface area contributed by atoms with Gasteiger partial charge in [-0.05, 0) is 0 Å². The van der Waals surface area contributed by atoms with E-state index in [-0.39, 0.29) is 153 Å². The number of hydrogen-bond donors (Lipinski definition) is 0. The number of rotatable bonds is 0. The van der Waals surface area contributed by atoms with Gasteiger partial charge in [0.1, 0.15) is 0 Å². The third-order valence-electron chi connectivity index (χ3n) is 0. The quantitative estimate of drug-likeness (QED) is 0.214. The van der Waals surface area contributed by atoms with Crippen molar-refractivity contribution < 1.29 is 157 Å². The van der Waals surface area contributed by atoms with E-state index in [4.69, 9.17) is 0 Å². The Labute approximate surface area is 182 Å². The van der Waals surface area contributed by atoms with Crippen molar-refractivity contribution in [3.63, 3.8) is 0 Å². The predicted octanol–water partition coefficient (Wildman–Crippen LogP) is -26.6. The SMILES string of the molecule is C[N+](C)(C)C.[Br-].[Br-].[Br-].[Br-].[Br-].[Br-].[Br-].[Br-].[Br-]. The van der Waals surface area contributed by atoms with E-state index in [1.807, 2.05) is 0 Å². The van der Waals surface area contributed by atoms with E-state index >= 15 is 0 Å². The fraction of sp³-hybridized carbons (Fsp3) is 1.00. The first-order valence-electron chi connectivity index (χ1n) is 1.79. The molecule has 1 nitrogen and oxygen atoms in total. The lowest BCUT2D eigenvalue weighted by molar-refractivity contribution is -0.849. The second-order valence-corrected chi connectivity index (χ2v) is 2.68. The van der Waals surface area contributed by atoms with Gasteiger partial charge in [-0.1, -0.05) is 0 Å². The smallest absolute Gasteiger partial charge is 0.0675 e. The van der Waals surface area contributed by atoms with Crippen molar-refractivity contribution in [3.05, 3.63) is 0 Å². The zero-order valence-corrected chi connectivity index (χ0v) is 22.1. The molecule has 0 N–H and O–H groups in total. The summed E-state index contributed by atoms with van der Waals surface area (Å²) < 4.78 is 1.00. The molecular weight excluding hydrogens is 781 g/mol. The van der Waals surface area contributed by atoms with Crippen LogP contribution in [-0.4, -0.2) is 32.7 Å². The zero-order valence-electron chi connectivity index (χ0n) is 7.85. The van der Waals surface area contributed by atoms with Gasteiger partial charge in [0.15, 0.2) is 0 Å². The largest absolute Gasteiger partial charge is 1.00 e. The predicted molar refractivity (Wildman–Crippen MR) is 24.0 cm³/mol. The highest BCUT2D eigenvalue weighted by Crippen LogP contribution is 1.73. The molecule has 0 aliphatic heterocycles. The standard InChI is InChI=1S/C4H12N.9BrH/c1-5(2,3)4;;;;;;;;;/h1-4H3;9*1H/q+1;;;;;;;;;/p-9. The Kier molecular flexibility index (Phi) is 246. The Balaban J connectivity index is -0.00000000222. The highest BCUT2D eigenvalue weighted by Gasteiger charge is 1.88.